The third kappa shape index (κ3) is 5.30. The summed E-state index contributed by atoms with van der Waals surface area (Å²) in [6, 6.07) is 10.4. The maximum Gasteiger partial charge on any atom is 0.236 e. The van der Waals surface area contributed by atoms with E-state index in [9.17, 15) is 19.6 Å². The number of benzene rings is 1. The smallest absolute Gasteiger partial charge is 0.236 e. The van der Waals surface area contributed by atoms with Crippen LogP contribution in [0.15, 0.2) is 30.3 Å². The van der Waals surface area contributed by atoms with Gasteiger partial charge in [0.2, 0.25) is 5.91 Å². The first-order valence-electron chi connectivity index (χ1n) is 15.4. The molecule has 1 N–H and O–H groups in total. The highest BCUT2D eigenvalue weighted by molar-refractivity contribution is 7.16. The standard InChI is InChI=1S/C32H36FN9O2S/c1-4-24-30(38(3)31-36-28(25(14-34)45-31)21-5-7-22(33)8-6-21)42-29(35-24)20(2)13-26(37-42)40-11-9-32(10-12-40)18-39(19-32)17-27(44)41-15-23(43)16-41/h5-8,13,23,43H,4,9-12,15-19H2,1-3H3. The number of nitriles is 1. The number of thiazole rings is 1. The van der Waals surface area contributed by atoms with E-state index in [1.165, 1.54) is 23.5 Å². The van der Waals surface area contributed by atoms with Crippen LogP contribution in [0.1, 0.15) is 35.9 Å². The van der Waals surface area contributed by atoms with Gasteiger partial charge in [-0.1, -0.05) is 18.3 Å². The molecule has 11 nitrogen and oxygen atoms in total. The lowest BCUT2D eigenvalue weighted by Gasteiger charge is -2.54. The Balaban J connectivity index is 1.10. The highest BCUT2D eigenvalue weighted by Gasteiger charge is 2.46. The van der Waals surface area contributed by atoms with Gasteiger partial charge in [-0.3, -0.25) is 9.69 Å². The molecule has 4 aromatic rings. The average Bonchev–Trinajstić information content (AvgIpc) is 3.61. The first-order valence-corrected chi connectivity index (χ1v) is 16.2. The summed E-state index contributed by atoms with van der Waals surface area (Å²) in [6.45, 7) is 9.12. The fourth-order valence-electron chi connectivity index (χ4n) is 6.83. The maximum atomic E-state index is 13.6. The molecule has 234 valence electrons. The number of imidazole rings is 1. The third-order valence-corrected chi connectivity index (χ3v) is 10.5. The third-order valence-electron chi connectivity index (χ3n) is 9.42. The highest BCUT2D eigenvalue weighted by atomic mass is 32.1. The molecule has 45 heavy (non-hydrogen) atoms. The van der Waals surface area contributed by atoms with Crippen LogP contribution >= 0.6 is 11.3 Å². The molecule has 3 aliphatic heterocycles. The van der Waals surface area contributed by atoms with Crippen molar-refractivity contribution in [2.75, 3.05) is 62.7 Å². The van der Waals surface area contributed by atoms with Crippen molar-refractivity contribution in [2.24, 2.45) is 5.41 Å². The Morgan fingerprint density at radius 2 is 1.91 bits per heavy atom. The first-order chi connectivity index (χ1) is 21.7. The van der Waals surface area contributed by atoms with Gasteiger partial charge >= 0.3 is 0 Å². The molecule has 1 amide bonds. The van der Waals surface area contributed by atoms with E-state index in [-0.39, 0.29) is 23.2 Å². The van der Waals surface area contributed by atoms with E-state index in [0.29, 0.717) is 47.3 Å². The normalized spacial score (nSPS) is 18.2. The predicted octanol–water partition coefficient (Wildman–Crippen LogP) is 3.61. The van der Waals surface area contributed by atoms with Gasteiger partial charge in [0.15, 0.2) is 16.6 Å². The molecule has 3 aliphatic rings. The minimum atomic E-state index is -0.366. The molecule has 0 aliphatic carbocycles. The average molecular weight is 630 g/mol. The minimum Gasteiger partial charge on any atom is -0.389 e. The van der Waals surface area contributed by atoms with Gasteiger partial charge in [-0.25, -0.2) is 14.4 Å². The van der Waals surface area contributed by atoms with Gasteiger partial charge in [0.05, 0.1) is 18.3 Å². The van der Waals surface area contributed by atoms with Gasteiger partial charge in [0, 0.05) is 51.9 Å². The molecule has 1 aromatic carbocycles. The van der Waals surface area contributed by atoms with E-state index in [0.717, 1.165) is 67.6 Å². The summed E-state index contributed by atoms with van der Waals surface area (Å²) in [4.78, 5) is 30.9. The van der Waals surface area contributed by atoms with Crippen LogP contribution in [0, 0.1) is 29.5 Å². The van der Waals surface area contributed by atoms with Crippen molar-refractivity contribution < 1.29 is 14.3 Å². The molecule has 3 aromatic heterocycles. The minimum absolute atomic E-state index is 0.112. The molecule has 0 radical (unpaired) electrons. The van der Waals surface area contributed by atoms with E-state index >= 15 is 0 Å². The maximum absolute atomic E-state index is 13.6. The van der Waals surface area contributed by atoms with Gasteiger partial charge in [-0.15, -0.1) is 5.10 Å². The number of aromatic nitrogens is 4. The molecule has 6 heterocycles. The molecule has 3 fully saturated rings. The molecule has 13 heteroatoms. The fourth-order valence-corrected chi connectivity index (χ4v) is 7.68. The SMILES string of the molecule is CCc1nc2c(C)cc(N3CCC4(CC3)CN(CC(=O)N3CC(O)C3)C4)nn2c1N(C)c1nc(-c2ccc(F)cc2)c(C#N)s1. The zero-order chi connectivity index (χ0) is 31.5. The van der Waals surface area contributed by atoms with Crippen molar-refractivity contribution in [3.8, 4) is 17.3 Å². The van der Waals surface area contributed by atoms with Crippen molar-refractivity contribution in [1.29, 1.82) is 5.26 Å². The Bertz CT molecular complexity index is 1790. The molecule has 0 bridgehead atoms. The number of aryl methyl sites for hydroxylation is 2. The monoisotopic (exact) mass is 629 g/mol. The van der Waals surface area contributed by atoms with Crippen LogP contribution in [0.3, 0.4) is 0 Å². The molecular weight excluding hydrogens is 593 g/mol. The molecule has 1 spiro atoms. The van der Waals surface area contributed by atoms with Crippen LogP contribution in [0.2, 0.25) is 0 Å². The zero-order valence-corrected chi connectivity index (χ0v) is 26.5. The summed E-state index contributed by atoms with van der Waals surface area (Å²) >= 11 is 1.29. The number of anilines is 3. The lowest BCUT2D eigenvalue weighted by atomic mass is 9.72. The Morgan fingerprint density at radius 1 is 1.20 bits per heavy atom. The summed E-state index contributed by atoms with van der Waals surface area (Å²) < 4.78 is 15.5. The van der Waals surface area contributed by atoms with Gasteiger partial charge < -0.3 is 19.8 Å². The quantitative estimate of drug-likeness (QED) is 0.327. The summed E-state index contributed by atoms with van der Waals surface area (Å²) in [6.07, 6.45) is 2.41. The number of fused-ring (bicyclic) bond motifs is 1. The van der Waals surface area contributed by atoms with Crippen LogP contribution in [0.5, 0.6) is 0 Å². The largest absolute Gasteiger partial charge is 0.389 e. The Hall–Kier alpha value is -4.12. The molecule has 3 saturated heterocycles. The summed E-state index contributed by atoms with van der Waals surface area (Å²) in [7, 11) is 1.92. The van der Waals surface area contributed by atoms with Crippen LogP contribution < -0.4 is 9.80 Å². The molecular formula is C32H36FN9O2S. The number of likely N-dealkylation sites (tertiary alicyclic amines) is 2. The summed E-state index contributed by atoms with van der Waals surface area (Å²) in [5.41, 5.74) is 4.16. The molecule has 0 atom stereocenters. The number of carbonyl (C=O) groups excluding carboxylic acids is 1. The fraction of sp³-hybridized carbons (Fsp3) is 0.469. The van der Waals surface area contributed by atoms with E-state index in [1.807, 2.05) is 16.5 Å². The van der Waals surface area contributed by atoms with Crippen LogP contribution in [0.4, 0.5) is 21.2 Å². The number of halogens is 1. The van der Waals surface area contributed by atoms with Crippen molar-refractivity contribution in [1.82, 2.24) is 29.4 Å². The van der Waals surface area contributed by atoms with Crippen molar-refractivity contribution >= 4 is 39.7 Å². The lowest BCUT2D eigenvalue weighted by Crippen LogP contribution is -2.63. The van der Waals surface area contributed by atoms with Crippen LogP contribution in [-0.2, 0) is 11.2 Å². The number of aliphatic hydroxyl groups excluding tert-OH is 1. The van der Waals surface area contributed by atoms with Gasteiger partial charge in [0.25, 0.3) is 0 Å². The Kier molecular flexibility index (Phi) is 7.46. The number of hydrogen-bond acceptors (Lipinski definition) is 10. The topological polar surface area (TPSA) is 117 Å². The van der Waals surface area contributed by atoms with E-state index in [2.05, 4.69) is 35.8 Å². The number of carbonyl (C=O) groups is 1. The number of hydrogen-bond donors (Lipinski definition) is 1. The van der Waals surface area contributed by atoms with Gasteiger partial charge in [0.1, 0.15) is 28.3 Å². The Labute approximate surface area is 265 Å². The molecule has 0 saturated carbocycles. The van der Waals surface area contributed by atoms with E-state index in [1.54, 1.807) is 17.0 Å². The highest BCUT2D eigenvalue weighted by Crippen LogP contribution is 2.42. The molecule has 7 rings (SSSR count). The van der Waals surface area contributed by atoms with Gasteiger partial charge in [-0.2, -0.15) is 9.78 Å². The number of aliphatic hydroxyl groups is 1. The molecule has 0 unspecified atom stereocenters. The van der Waals surface area contributed by atoms with Crippen LogP contribution in [0.25, 0.3) is 16.9 Å². The van der Waals surface area contributed by atoms with E-state index in [4.69, 9.17) is 15.1 Å². The van der Waals surface area contributed by atoms with E-state index < -0.39 is 0 Å². The van der Waals surface area contributed by atoms with Crippen molar-refractivity contribution in [3.05, 3.63) is 52.3 Å². The number of rotatable bonds is 7. The number of piperidine rings is 1. The van der Waals surface area contributed by atoms with Gasteiger partial charge in [-0.05, 0) is 67.5 Å². The van der Waals surface area contributed by atoms with Crippen LogP contribution in [-0.4, -0.2) is 99.4 Å². The number of β-amino-alcohol motifs (C(OH)–C–C–N with tert-alkyl or cyclic N) is 1. The second-order valence-corrected chi connectivity index (χ2v) is 13.6. The predicted molar refractivity (Wildman–Crippen MR) is 170 cm³/mol. The second kappa shape index (κ2) is 11.3. The van der Waals surface area contributed by atoms with Crippen molar-refractivity contribution in [2.45, 2.75) is 39.2 Å². The van der Waals surface area contributed by atoms with Crippen molar-refractivity contribution in [3.63, 3.8) is 0 Å². The Morgan fingerprint density at radius 3 is 2.56 bits per heavy atom. The first kappa shape index (κ1) is 29.6. The summed E-state index contributed by atoms with van der Waals surface area (Å²) in [5, 5.41) is 25.1. The summed E-state index contributed by atoms with van der Waals surface area (Å²) in [5.74, 6) is 1.48. The second-order valence-electron chi connectivity index (χ2n) is 12.6. The lowest BCUT2D eigenvalue weighted by molar-refractivity contribution is -0.146. The number of nitrogens with zero attached hydrogens (tertiary/aromatic N) is 9. The zero-order valence-electron chi connectivity index (χ0n) is 25.7. The number of amides is 1.